The van der Waals surface area contributed by atoms with E-state index < -0.39 is 71.2 Å². The summed E-state index contributed by atoms with van der Waals surface area (Å²) in [5, 5.41) is 10.3. The highest BCUT2D eigenvalue weighted by atomic mass is 16.6. The lowest BCUT2D eigenvalue weighted by Crippen LogP contribution is -2.60. The van der Waals surface area contributed by atoms with Gasteiger partial charge in [-0.1, -0.05) is 71.0 Å². The van der Waals surface area contributed by atoms with Crippen LogP contribution >= 0.6 is 0 Å². The fourth-order valence-corrected chi connectivity index (χ4v) is 5.26. The molecule has 4 N–H and O–H groups in total. The SMILES string of the molecule is C=CCC(NC(=O)[C@@H]1[C@@H](C(C)C)CCN1C(=O)[C@@H](NC(=O)OC(C)(C)C)C(C)(C)C)C(=O)C(=O)NCC(=O)NCc1ccccc1. The maximum atomic E-state index is 14.0. The van der Waals surface area contributed by atoms with Crippen molar-refractivity contribution >= 4 is 35.5 Å². The van der Waals surface area contributed by atoms with Crippen LogP contribution in [0.4, 0.5) is 4.79 Å². The molecule has 1 fully saturated rings. The number of ether oxygens (including phenoxy) is 1. The third-order valence-corrected chi connectivity index (χ3v) is 7.63. The van der Waals surface area contributed by atoms with Gasteiger partial charge in [0.05, 0.1) is 6.54 Å². The molecular formula is C34H51N5O7. The first-order valence-corrected chi connectivity index (χ1v) is 15.7. The highest BCUT2D eigenvalue weighted by Crippen LogP contribution is 2.33. The second-order valence-electron chi connectivity index (χ2n) is 14.0. The maximum absolute atomic E-state index is 14.0. The smallest absolute Gasteiger partial charge is 0.408 e. The Bertz CT molecular complexity index is 1270. The van der Waals surface area contributed by atoms with Crippen LogP contribution in [0, 0.1) is 17.3 Å². The van der Waals surface area contributed by atoms with E-state index in [9.17, 15) is 28.8 Å². The van der Waals surface area contributed by atoms with Crippen molar-refractivity contribution in [3.63, 3.8) is 0 Å². The van der Waals surface area contributed by atoms with Gasteiger partial charge in [-0.3, -0.25) is 24.0 Å². The summed E-state index contributed by atoms with van der Waals surface area (Å²) in [4.78, 5) is 80.1. The fourth-order valence-electron chi connectivity index (χ4n) is 5.26. The van der Waals surface area contributed by atoms with Crippen LogP contribution in [-0.4, -0.2) is 77.2 Å². The number of hydrogen-bond donors (Lipinski definition) is 4. The molecule has 0 aliphatic carbocycles. The van der Waals surface area contributed by atoms with Crippen molar-refractivity contribution in [2.24, 2.45) is 17.3 Å². The van der Waals surface area contributed by atoms with Crippen molar-refractivity contribution in [1.29, 1.82) is 0 Å². The van der Waals surface area contributed by atoms with Crippen LogP contribution in [0.15, 0.2) is 43.0 Å². The summed E-state index contributed by atoms with van der Waals surface area (Å²) in [6.07, 6.45) is 1.14. The Labute approximate surface area is 272 Å². The minimum Gasteiger partial charge on any atom is -0.444 e. The molecule has 1 aliphatic rings. The molecular weight excluding hydrogens is 590 g/mol. The van der Waals surface area contributed by atoms with Gasteiger partial charge in [0, 0.05) is 13.1 Å². The van der Waals surface area contributed by atoms with Crippen molar-refractivity contribution in [1.82, 2.24) is 26.2 Å². The molecule has 5 amide bonds. The number of ketones is 1. The first-order valence-electron chi connectivity index (χ1n) is 15.7. The number of rotatable bonds is 13. The molecule has 0 saturated carbocycles. The second-order valence-corrected chi connectivity index (χ2v) is 14.0. The van der Waals surface area contributed by atoms with Crippen LogP contribution in [0.5, 0.6) is 0 Å². The van der Waals surface area contributed by atoms with Gasteiger partial charge in [0.25, 0.3) is 5.91 Å². The second kappa shape index (κ2) is 16.4. The standard InChI is InChI=1S/C34H51N5O7/c1-10-14-24(27(41)30(43)36-20-25(40)35-19-22-15-12-11-13-16-22)37-29(42)26-23(21(2)3)17-18-39(26)31(44)28(33(4,5)6)38-32(45)46-34(7,8)9/h10-13,15-16,21,23-24,26,28H,1,14,17-20H2,2-9H3,(H,35,40)(H,36,43)(H,37,42)(H,38,45)/t23-,24?,26+,28-/m1/s1. The van der Waals surface area contributed by atoms with Gasteiger partial charge in [-0.05, 0) is 56.4 Å². The molecule has 1 aromatic carbocycles. The van der Waals surface area contributed by atoms with E-state index in [-0.39, 0.29) is 31.3 Å². The highest BCUT2D eigenvalue weighted by molar-refractivity contribution is 6.38. The van der Waals surface area contributed by atoms with E-state index >= 15 is 0 Å². The number of alkyl carbamates (subject to hydrolysis) is 1. The van der Waals surface area contributed by atoms with Crippen molar-refractivity contribution in [2.75, 3.05) is 13.1 Å². The van der Waals surface area contributed by atoms with Crippen LogP contribution < -0.4 is 21.3 Å². The van der Waals surface area contributed by atoms with Crippen LogP contribution in [0.25, 0.3) is 0 Å². The number of amides is 5. The summed E-state index contributed by atoms with van der Waals surface area (Å²) in [5.74, 6) is -3.74. The van der Waals surface area contributed by atoms with E-state index in [1.54, 1.807) is 41.5 Å². The van der Waals surface area contributed by atoms with Crippen molar-refractivity contribution in [3.8, 4) is 0 Å². The summed E-state index contributed by atoms with van der Waals surface area (Å²) >= 11 is 0. The summed E-state index contributed by atoms with van der Waals surface area (Å²) in [6.45, 7) is 18.2. The number of carbonyl (C=O) groups is 6. The quantitative estimate of drug-likeness (QED) is 0.190. The van der Waals surface area contributed by atoms with Crippen LogP contribution in [0.2, 0.25) is 0 Å². The zero-order valence-electron chi connectivity index (χ0n) is 28.4. The maximum Gasteiger partial charge on any atom is 0.408 e. The van der Waals surface area contributed by atoms with Gasteiger partial charge in [-0.25, -0.2) is 4.79 Å². The molecule has 0 aromatic heterocycles. The van der Waals surface area contributed by atoms with E-state index in [1.165, 1.54) is 11.0 Å². The molecule has 0 bridgehead atoms. The lowest BCUT2D eigenvalue weighted by atomic mass is 9.84. The Morgan fingerprint density at radius 3 is 2.15 bits per heavy atom. The Balaban J connectivity index is 2.17. The van der Waals surface area contributed by atoms with Crippen LogP contribution in [0.1, 0.15) is 73.8 Å². The number of likely N-dealkylation sites (tertiary alicyclic amines) is 1. The van der Waals surface area contributed by atoms with Gasteiger partial charge >= 0.3 is 6.09 Å². The zero-order chi connectivity index (χ0) is 34.8. The molecule has 1 saturated heterocycles. The molecule has 1 heterocycles. The number of hydrogen-bond acceptors (Lipinski definition) is 7. The van der Waals surface area contributed by atoms with Gasteiger partial charge in [-0.2, -0.15) is 0 Å². The highest BCUT2D eigenvalue weighted by Gasteiger charge is 2.48. The van der Waals surface area contributed by atoms with E-state index in [1.807, 2.05) is 44.2 Å². The van der Waals surface area contributed by atoms with E-state index in [0.717, 1.165) is 5.56 Å². The Hall–Kier alpha value is -4.22. The molecule has 0 spiro atoms. The van der Waals surface area contributed by atoms with Gasteiger partial charge in [0.2, 0.25) is 23.5 Å². The molecule has 1 unspecified atom stereocenters. The minimum atomic E-state index is -1.26. The van der Waals surface area contributed by atoms with Crippen molar-refractivity contribution < 1.29 is 33.5 Å². The van der Waals surface area contributed by atoms with E-state index in [0.29, 0.717) is 6.42 Å². The number of Topliss-reactive ketones (excluding diaryl/α,β-unsaturated/α-hetero) is 1. The molecule has 12 heteroatoms. The third kappa shape index (κ3) is 11.3. The van der Waals surface area contributed by atoms with Gasteiger partial charge in [-0.15, -0.1) is 6.58 Å². The van der Waals surface area contributed by atoms with Gasteiger partial charge in [0.15, 0.2) is 0 Å². The van der Waals surface area contributed by atoms with E-state index in [2.05, 4.69) is 27.8 Å². The van der Waals surface area contributed by atoms with E-state index in [4.69, 9.17) is 4.74 Å². The fraction of sp³-hybridized carbons (Fsp3) is 0.588. The number of carbonyl (C=O) groups excluding carboxylic acids is 6. The van der Waals surface area contributed by atoms with Crippen LogP contribution in [-0.2, 0) is 35.3 Å². The van der Waals surface area contributed by atoms with Crippen molar-refractivity contribution in [3.05, 3.63) is 48.6 Å². The predicted octanol–water partition coefficient (Wildman–Crippen LogP) is 2.86. The minimum absolute atomic E-state index is 0.00621. The molecule has 2 rings (SSSR count). The molecule has 1 aromatic rings. The van der Waals surface area contributed by atoms with Gasteiger partial charge in [0.1, 0.15) is 23.7 Å². The largest absolute Gasteiger partial charge is 0.444 e. The molecule has 46 heavy (non-hydrogen) atoms. The molecule has 12 nitrogen and oxygen atoms in total. The number of nitrogens with one attached hydrogen (secondary N) is 4. The summed E-state index contributed by atoms with van der Waals surface area (Å²) in [7, 11) is 0. The Kier molecular flexibility index (Phi) is 13.5. The molecule has 4 atom stereocenters. The summed E-state index contributed by atoms with van der Waals surface area (Å²) < 4.78 is 5.40. The average molecular weight is 642 g/mol. The molecule has 254 valence electrons. The first kappa shape index (κ1) is 38.0. The molecule has 1 aliphatic heterocycles. The van der Waals surface area contributed by atoms with Gasteiger partial charge < -0.3 is 30.9 Å². The number of nitrogens with zero attached hydrogens (tertiary/aromatic N) is 1. The topological polar surface area (TPSA) is 163 Å². The monoisotopic (exact) mass is 641 g/mol. The van der Waals surface area contributed by atoms with Crippen LogP contribution in [0.3, 0.4) is 0 Å². The molecule has 0 radical (unpaired) electrons. The normalized spacial score (nSPS) is 17.8. The number of benzene rings is 1. The summed E-state index contributed by atoms with van der Waals surface area (Å²) in [6, 6.07) is 5.99. The third-order valence-electron chi connectivity index (χ3n) is 7.63. The zero-order valence-corrected chi connectivity index (χ0v) is 28.4. The predicted molar refractivity (Wildman–Crippen MR) is 174 cm³/mol. The first-order chi connectivity index (χ1) is 21.4. The lowest BCUT2D eigenvalue weighted by molar-refractivity contribution is -0.145. The Morgan fingerprint density at radius 2 is 1.61 bits per heavy atom. The van der Waals surface area contributed by atoms with Crippen molar-refractivity contribution in [2.45, 2.75) is 98.5 Å². The Morgan fingerprint density at radius 1 is 0.978 bits per heavy atom. The summed E-state index contributed by atoms with van der Waals surface area (Å²) in [5.41, 5.74) is -0.627. The average Bonchev–Trinajstić information content (AvgIpc) is 3.41. The lowest BCUT2D eigenvalue weighted by Gasteiger charge is -2.37.